The molecule has 0 heterocycles. The first-order valence-electron chi connectivity index (χ1n) is 9.92. The lowest BCUT2D eigenvalue weighted by molar-refractivity contribution is 0.0755. The lowest BCUT2D eigenvalue weighted by Gasteiger charge is -2.21. The molecular formula is C23H30N2O3. The van der Waals surface area contributed by atoms with Gasteiger partial charge >= 0.3 is 0 Å². The molecule has 0 atom stereocenters. The molecule has 5 heteroatoms. The van der Waals surface area contributed by atoms with E-state index in [1.54, 1.807) is 42.5 Å². The van der Waals surface area contributed by atoms with Crippen molar-refractivity contribution < 1.29 is 14.3 Å². The van der Waals surface area contributed by atoms with Gasteiger partial charge in [-0.25, -0.2) is 0 Å². The first-order chi connectivity index (χ1) is 13.5. The molecule has 0 saturated heterocycles. The van der Waals surface area contributed by atoms with E-state index in [0.29, 0.717) is 22.6 Å². The quantitative estimate of drug-likeness (QED) is 0.665. The zero-order valence-electron chi connectivity index (χ0n) is 17.2. The summed E-state index contributed by atoms with van der Waals surface area (Å²) in [5.74, 6) is 0.336. The summed E-state index contributed by atoms with van der Waals surface area (Å²) < 4.78 is 5.72. The molecule has 0 unspecified atom stereocenters. The van der Waals surface area contributed by atoms with Crippen LogP contribution in [-0.4, -0.2) is 35.9 Å². The van der Waals surface area contributed by atoms with Crippen molar-refractivity contribution in [3.8, 4) is 5.75 Å². The van der Waals surface area contributed by atoms with Gasteiger partial charge < -0.3 is 15.0 Å². The molecule has 0 bridgehead atoms. The number of para-hydroxylation sites is 1. The standard InChI is InChI=1S/C23H30N2O3/c1-5-15-25(16-6-2)23(27)18-11-13-19(14-12-18)24-22(26)20-9-7-8-10-21(20)28-17(3)4/h7-14,17H,5-6,15-16H2,1-4H3,(H,24,26). The van der Waals surface area contributed by atoms with Crippen LogP contribution in [0.4, 0.5) is 5.69 Å². The predicted octanol–water partition coefficient (Wildman–Crippen LogP) is 4.99. The third kappa shape index (κ3) is 5.84. The highest BCUT2D eigenvalue weighted by Crippen LogP contribution is 2.21. The minimum Gasteiger partial charge on any atom is -0.490 e. The van der Waals surface area contributed by atoms with Crippen LogP contribution in [0.1, 0.15) is 61.3 Å². The average Bonchev–Trinajstić information content (AvgIpc) is 2.68. The Morgan fingerprint density at radius 1 is 0.964 bits per heavy atom. The Morgan fingerprint density at radius 2 is 1.57 bits per heavy atom. The third-order valence-corrected chi connectivity index (χ3v) is 4.16. The average molecular weight is 383 g/mol. The molecule has 28 heavy (non-hydrogen) atoms. The Labute approximate surface area is 167 Å². The molecule has 0 saturated carbocycles. The Kier molecular flexibility index (Phi) is 8.05. The molecule has 0 aliphatic carbocycles. The predicted molar refractivity (Wildman–Crippen MR) is 113 cm³/mol. The van der Waals surface area contributed by atoms with Gasteiger partial charge in [0, 0.05) is 24.3 Å². The van der Waals surface area contributed by atoms with Crippen molar-refractivity contribution in [1.29, 1.82) is 0 Å². The Balaban J connectivity index is 2.10. The number of amides is 2. The molecule has 150 valence electrons. The van der Waals surface area contributed by atoms with Gasteiger partial charge in [-0.2, -0.15) is 0 Å². The van der Waals surface area contributed by atoms with Gasteiger partial charge in [0.2, 0.25) is 0 Å². The van der Waals surface area contributed by atoms with Crippen molar-refractivity contribution in [2.45, 2.75) is 46.6 Å². The summed E-state index contributed by atoms with van der Waals surface area (Å²) >= 11 is 0. The fourth-order valence-electron chi connectivity index (χ4n) is 2.94. The number of ether oxygens (including phenoxy) is 1. The van der Waals surface area contributed by atoms with Crippen LogP contribution in [0.25, 0.3) is 0 Å². The number of anilines is 1. The number of hydrogen-bond donors (Lipinski definition) is 1. The van der Waals surface area contributed by atoms with E-state index in [1.165, 1.54) is 0 Å². The molecule has 2 rings (SSSR count). The summed E-state index contributed by atoms with van der Waals surface area (Å²) in [6.07, 6.45) is 1.84. The number of carbonyl (C=O) groups excluding carboxylic acids is 2. The van der Waals surface area contributed by atoms with Crippen molar-refractivity contribution in [2.24, 2.45) is 0 Å². The highest BCUT2D eigenvalue weighted by molar-refractivity contribution is 6.06. The largest absolute Gasteiger partial charge is 0.490 e. The molecular weight excluding hydrogens is 352 g/mol. The van der Waals surface area contributed by atoms with Gasteiger partial charge in [-0.1, -0.05) is 26.0 Å². The van der Waals surface area contributed by atoms with E-state index >= 15 is 0 Å². The number of benzene rings is 2. The molecule has 0 aromatic heterocycles. The highest BCUT2D eigenvalue weighted by atomic mass is 16.5. The third-order valence-electron chi connectivity index (χ3n) is 4.16. The van der Waals surface area contributed by atoms with Crippen LogP contribution < -0.4 is 10.1 Å². The number of nitrogens with zero attached hydrogens (tertiary/aromatic N) is 1. The molecule has 2 amide bonds. The summed E-state index contributed by atoms with van der Waals surface area (Å²) in [4.78, 5) is 27.2. The van der Waals surface area contributed by atoms with Gasteiger partial charge in [0.25, 0.3) is 11.8 Å². The Morgan fingerprint density at radius 3 is 2.14 bits per heavy atom. The number of rotatable bonds is 9. The number of carbonyl (C=O) groups is 2. The van der Waals surface area contributed by atoms with Crippen LogP contribution >= 0.6 is 0 Å². The Bertz CT molecular complexity index is 779. The summed E-state index contributed by atoms with van der Waals surface area (Å²) in [7, 11) is 0. The molecule has 2 aromatic carbocycles. The van der Waals surface area contributed by atoms with Crippen LogP contribution in [0.2, 0.25) is 0 Å². The molecule has 1 N–H and O–H groups in total. The monoisotopic (exact) mass is 382 g/mol. The lowest BCUT2D eigenvalue weighted by atomic mass is 10.1. The topological polar surface area (TPSA) is 58.6 Å². The van der Waals surface area contributed by atoms with Crippen LogP contribution in [0, 0.1) is 0 Å². The van der Waals surface area contributed by atoms with E-state index < -0.39 is 0 Å². The van der Waals surface area contributed by atoms with Crippen molar-refractivity contribution in [2.75, 3.05) is 18.4 Å². The zero-order chi connectivity index (χ0) is 20.5. The second kappa shape index (κ2) is 10.5. The maximum atomic E-state index is 12.6. The van der Waals surface area contributed by atoms with Gasteiger partial charge in [0.05, 0.1) is 11.7 Å². The molecule has 5 nitrogen and oxygen atoms in total. The van der Waals surface area contributed by atoms with E-state index in [1.807, 2.05) is 24.8 Å². The molecule has 0 radical (unpaired) electrons. The highest BCUT2D eigenvalue weighted by Gasteiger charge is 2.16. The maximum absolute atomic E-state index is 12.6. The van der Waals surface area contributed by atoms with Crippen molar-refractivity contribution in [3.63, 3.8) is 0 Å². The van der Waals surface area contributed by atoms with Crippen molar-refractivity contribution in [1.82, 2.24) is 4.90 Å². The molecule has 0 spiro atoms. The lowest BCUT2D eigenvalue weighted by Crippen LogP contribution is -2.32. The summed E-state index contributed by atoms with van der Waals surface area (Å²) in [5.41, 5.74) is 1.75. The SMILES string of the molecule is CCCN(CCC)C(=O)c1ccc(NC(=O)c2ccccc2OC(C)C)cc1. The van der Waals surface area contributed by atoms with E-state index in [-0.39, 0.29) is 17.9 Å². The van der Waals surface area contributed by atoms with Crippen molar-refractivity contribution in [3.05, 3.63) is 59.7 Å². The fraction of sp³-hybridized carbons (Fsp3) is 0.391. The van der Waals surface area contributed by atoms with Gasteiger partial charge in [0.1, 0.15) is 5.75 Å². The van der Waals surface area contributed by atoms with Gasteiger partial charge in [-0.05, 0) is 63.1 Å². The van der Waals surface area contributed by atoms with Crippen LogP contribution in [-0.2, 0) is 0 Å². The van der Waals surface area contributed by atoms with E-state index in [4.69, 9.17) is 4.74 Å². The first-order valence-corrected chi connectivity index (χ1v) is 9.92. The molecule has 2 aromatic rings. The number of nitrogens with one attached hydrogen (secondary N) is 1. The van der Waals surface area contributed by atoms with Crippen LogP contribution in [0.15, 0.2) is 48.5 Å². The van der Waals surface area contributed by atoms with Gasteiger partial charge in [0.15, 0.2) is 0 Å². The fourth-order valence-corrected chi connectivity index (χ4v) is 2.94. The minimum atomic E-state index is -0.242. The second-order valence-corrected chi connectivity index (χ2v) is 6.99. The van der Waals surface area contributed by atoms with Gasteiger partial charge in [-0.15, -0.1) is 0 Å². The second-order valence-electron chi connectivity index (χ2n) is 6.99. The number of hydrogen-bond acceptors (Lipinski definition) is 3. The summed E-state index contributed by atoms with van der Waals surface area (Å²) in [5, 5.41) is 2.87. The Hall–Kier alpha value is -2.82. The van der Waals surface area contributed by atoms with Crippen LogP contribution in [0.3, 0.4) is 0 Å². The van der Waals surface area contributed by atoms with Crippen molar-refractivity contribution >= 4 is 17.5 Å². The molecule has 0 aliphatic rings. The summed E-state index contributed by atoms with van der Waals surface area (Å²) in [6, 6.07) is 14.2. The minimum absolute atomic E-state index is 0.0200. The zero-order valence-corrected chi connectivity index (χ0v) is 17.2. The van der Waals surface area contributed by atoms with E-state index in [0.717, 1.165) is 25.9 Å². The maximum Gasteiger partial charge on any atom is 0.259 e. The first kappa shape index (κ1) is 21.5. The molecule has 0 aliphatic heterocycles. The molecule has 0 fully saturated rings. The smallest absolute Gasteiger partial charge is 0.259 e. The van der Waals surface area contributed by atoms with E-state index in [2.05, 4.69) is 19.2 Å². The summed E-state index contributed by atoms with van der Waals surface area (Å²) in [6.45, 7) is 9.47. The van der Waals surface area contributed by atoms with E-state index in [9.17, 15) is 9.59 Å². The van der Waals surface area contributed by atoms with Crippen LogP contribution in [0.5, 0.6) is 5.75 Å². The normalized spacial score (nSPS) is 10.6. The van der Waals surface area contributed by atoms with Gasteiger partial charge in [-0.3, -0.25) is 9.59 Å².